The fraction of sp³-hybridized carbons (Fsp3) is 0.119. The van der Waals surface area contributed by atoms with E-state index in [1.54, 1.807) is 18.2 Å². The molecule has 8 rings (SSSR count). The minimum absolute atomic E-state index is 0.0485. The predicted octanol–water partition coefficient (Wildman–Crippen LogP) is 11.7. The van der Waals surface area contributed by atoms with E-state index < -0.39 is 11.7 Å². The lowest BCUT2D eigenvalue weighted by atomic mass is 9.95. The molecule has 6 heteroatoms. The molecule has 8 aromatic rings. The number of alkyl halides is 3. The van der Waals surface area contributed by atoms with Gasteiger partial charge in [-0.15, -0.1) is 0 Å². The van der Waals surface area contributed by atoms with E-state index in [9.17, 15) is 18.4 Å². The molecule has 0 aliphatic heterocycles. The number of fused-ring (bicyclic) bond motifs is 6. The van der Waals surface area contributed by atoms with E-state index >= 15 is 0 Å². The summed E-state index contributed by atoms with van der Waals surface area (Å²) < 4.78 is 48.3. The van der Waals surface area contributed by atoms with Gasteiger partial charge in [-0.05, 0) is 100.0 Å². The van der Waals surface area contributed by atoms with Crippen molar-refractivity contribution in [1.29, 1.82) is 5.26 Å². The van der Waals surface area contributed by atoms with Crippen molar-refractivity contribution in [1.82, 2.24) is 9.13 Å². The van der Waals surface area contributed by atoms with Crippen LogP contribution in [-0.2, 0) is 6.18 Å². The van der Waals surface area contributed by atoms with Crippen LogP contribution >= 0.6 is 0 Å². The fourth-order valence-corrected chi connectivity index (χ4v) is 7.24. The van der Waals surface area contributed by atoms with Crippen LogP contribution in [0.3, 0.4) is 0 Å². The van der Waals surface area contributed by atoms with Crippen molar-refractivity contribution in [2.24, 2.45) is 0 Å². The molecule has 0 spiro atoms. The third kappa shape index (κ3) is 4.50. The lowest BCUT2D eigenvalue weighted by Crippen LogP contribution is -2.09. The van der Waals surface area contributed by atoms with E-state index in [-0.39, 0.29) is 5.56 Å². The zero-order valence-electron chi connectivity index (χ0n) is 26.9. The van der Waals surface area contributed by atoms with E-state index in [1.807, 2.05) is 85.4 Å². The maximum absolute atomic E-state index is 14.8. The standard InChI is InChI=1S/C42H30F3N3/c1-24-9-13-36-30(17-24)31-18-25(2)10-14-37(31)47(36)40-22-34(29-7-5-6-8-35(29)42(43,44)45)41(21-28(40)23-46)48-38-15-11-26(3)19-32(38)33-20-27(4)12-16-39(33)48/h5-22H,1-4H3. The number of hydrogen-bond donors (Lipinski definition) is 0. The smallest absolute Gasteiger partial charge is 0.309 e. The van der Waals surface area contributed by atoms with Crippen molar-refractivity contribution < 1.29 is 13.2 Å². The third-order valence-corrected chi connectivity index (χ3v) is 9.39. The van der Waals surface area contributed by atoms with Crippen molar-refractivity contribution in [2.75, 3.05) is 0 Å². The van der Waals surface area contributed by atoms with Crippen molar-refractivity contribution in [2.45, 2.75) is 33.9 Å². The highest BCUT2D eigenvalue weighted by Crippen LogP contribution is 2.44. The molecule has 0 radical (unpaired) electrons. The number of rotatable bonds is 3. The molecular formula is C42H30F3N3. The Morgan fingerprint density at radius 1 is 0.500 bits per heavy atom. The van der Waals surface area contributed by atoms with Gasteiger partial charge in [0.25, 0.3) is 0 Å². The van der Waals surface area contributed by atoms with Crippen LogP contribution in [-0.4, -0.2) is 9.13 Å². The van der Waals surface area contributed by atoms with Gasteiger partial charge in [0.2, 0.25) is 0 Å². The van der Waals surface area contributed by atoms with Crippen molar-refractivity contribution in [3.63, 3.8) is 0 Å². The Labute approximate surface area is 275 Å². The van der Waals surface area contributed by atoms with Gasteiger partial charge < -0.3 is 9.13 Å². The second-order valence-corrected chi connectivity index (χ2v) is 12.8. The maximum atomic E-state index is 14.8. The van der Waals surface area contributed by atoms with E-state index in [0.29, 0.717) is 22.5 Å². The summed E-state index contributed by atoms with van der Waals surface area (Å²) in [6, 6.07) is 36.3. The number of halogens is 3. The molecule has 0 bridgehead atoms. The van der Waals surface area contributed by atoms with Gasteiger partial charge in [0, 0.05) is 27.1 Å². The zero-order chi connectivity index (χ0) is 33.5. The van der Waals surface area contributed by atoms with Crippen molar-refractivity contribution in [3.8, 4) is 28.6 Å². The molecule has 48 heavy (non-hydrogen) atoms. The highest BCUT2D eigenvalue weighted by atomic mass is 19.4. The third-order valence-electron chi connectivity index (χ3n) is 9.39. The van der Waals surface area contributed by atoms with Crippen LogP contribution in [0.15, 0.2) is 109 Å². The highest BCUT2D eigenvalue weighted by molar-refractivity contribution is 6.11. The largest absolute Gasteiger partial charge is 0.417 e. The van der Waals surface area contributed by atoms with Crippen LogP contribution in [0.1, 0.15) is 33.4 Å². The number of aryl methyl sites for hydroxylation is 4. The Bertz CT molecular complexity index is 2540. The summed E-state index contributed by atoms with van der Waals surface area (Å²) >= 11 is 0. The average molecular weight is 634 g/mol. The molecule has 0 unspecified atom stereocenters. The minimum atomic E-state index is -4.60. The monoisotopic (exact) mass is 633 g/mol. The van der Waals surface area contributed by atoms with Crippen LogP contribution in [0, 0.1) is 39.0 Å². The lowest BCUT2D eigenvalue weighted by molar-refractivity contribution is -0.137. The van der Waals surface area contributed by atoms with Crippen LogP contribution in [0.4, 0.5) is 13.2 Å². The Morgan fingerprint density at radius 2 is 0.917 bits per heavy atom. The van der Waals surface area contributed by atoms with Gasteiger partial charge in [-0.1, -0.05) is 64.7 Å². The van der Waals surface area contributed by atoms with Gasteiger partial charge in [-0.2, -0.15) is 18.4 Å². The lowest BCUT2D eigenvalue weighted by Gasteiger charge is -2.21. The summed E-state index contributed by atoms with van der Waals surface area (Å²) in [5.41, 5.74) is 8.89. The Kier molecular flexibility index (Phi) is 6.54. The molecule has 0 aliphatic rings. The number of benzene rings is 6. The normalized spacial score (nSPS) is 12.0. The number of nitriles is 1. The summed E-state index contributed by atoms with van der Waals surface area (Å²) in [5, 5.41) is 14.8. The first kappa shape index (κ1) is 29.6. The summed E-state index contributed by atoms with van der Waals surface area (Å²) in [6.07, 6.45) is -4.60. The van der Waals surface area contributed by atoms with Crippen LogP contribution in [0.5, 0.6) is 0 Å². The number of nitrogens with zero attached hydrogens (tertiary/aromatic N) is 3. The molecule has 0 amide bonds. The van der Waals surface area contributed by atoms with Crippen LogP contribution < -0.4 is 0 Å². The number of hydrogen-bond acceptors (Lipinski definition) is 1. The van der Waals surface area contributed by atoms with E-state index in [1.165, 1.54) is 12.1 Å². The molecule has 3 nitrogen and oxygen atoms in total. The molecule has 0 fully saturated rings. The molecule has 0 aliphatic carbocycles. The highest BCUT2D eigenvalue weighted by Gasteiger charge is 2.34. The quantitative estimate of drug-likeness (QED) is 0.191. The molecule has 2 aromatic heterocycles. The van der Waals surface area contributed by atoms with Gasteiger partial charge in [-0.3, -0.25) is 0 Å². The first-order chi connectivity index (χ1) is 23.0. The van der Waals surface area contributed by atoms with Gasteiger partial charge in [0.1, 0.15) is 6.07 Å². The first-order valence-electron chi connectivity index (χ1n) is 15.8. The maximum Gasteiger partial charge on any atom is 0.417 e. The molecule has 2 heterocycles. The summed E-state index contributed by atoms with van der Waals surface area (Å²) in [7, 11) is 0. The minimum Gasteiger partial charge on any atom is -0.309 e. The second kappa shape index (κ2) is 10.6. The van der Waals surface area contributed by atoms with Gasteiger partial charge in [0.05, 0.1) is 44.6 Å². The van der Waals surface area contributed by atoms with E-state index in [0.717, 1.165) is 71.9 Å². The van der Waals surface area contributed by atoms with Crippen molar-refractivity contribution >= 4 is 43.6 Å². The molecule has 234 valence electrons. The molecule has 0 atom stereocenters. The Hall–Kier alpha value is -5.80. The Balaban J connectivity index is 1.56. The first-order valence-corrected chi connectivity index (χ1v) is 15.8. The topological polar surface area (TPSA) is 33.6 Å². The Morgan fingerprint density at radius 3 is 1.33 bits per heavy atom. The van der Waals surface area contributed by atoms with Gasteiger partial charge in [0.15, 0.2) is 0 Å². The average Bonchev–Trinajstić information content (AvgIpc) is 3.54. The summed E-state index contributed by atoms with van der Waals surface area (Å²) in [6.45, 7) is 8.13. The molecule has 0 saturated carbocycles. The second-order valence-electron chi connectivity index (χ2n) is 12.8. The zero-order valence-corrected chi connectivity index (χ0v) is 26.9. The SMILES string of the molecule is Cc1ccc2c(c1)c1cc(C)ccc1n2-c1cc(-c2ccccc2C(F)(F)F)c(-n2c3ccc(C)cc3c3cc(C)ccc32)cc1C#N. The van der Waals surface area contributed by atoms with Gasteiger partial charge in [-0.25, -0.2) is 0 Å². The predicted molar refractivity (Wildman–Crippen MR) is 189 cm³/mol. The molecule has 0 saturated heterocycles. The van der Waals surface area contributed by atoms with Gasteiger partial charge >= 0.3 is 6.18 Å². The number of aromatic nitrogens is 2. The summed E-state index contributed by atoms with van der Waals surface area (Å²) in [4.78, 5) is 0. The van der Waals surface area contributed by atoms with Crippen LogP contribution in [0.2, 0.25) is 0 Å². The molecule has 0 N–H and O–H groups in total. The van der Waals surface area contributed by atoms with E-state index in [4.69, 9.17) is 0 Å². The molecular weight excluding hydrogens is 603 g/mol. The van der Waals surface area contributed by atoms with Crippen molar-refractivity contribution in [3.05, 3.63) is 143 Å². The fourth-order valence-electron chi connectivity index (χ4n) is 7.24. The molecule has 6 aromatic carbocycles. The van der Waals surface area contributed by atoms with E-state index in [2.05, 4.69) is 30.3 Å². The summed E-state index contributed by atoms with van der Waals surface area (Å²) in [5.74, 6) is 0. The van der Waals surface area contributed by atoms with Crippen LogP contribution in [0.25, 0.3) is 66.1 Å².